The average molecular weight is 435 g/mol. The van der Waals surface area contributed by atoms with Gasteiger partial charge in [-0.25, -0.2) is 4.98 Å². The van der Waals surface area contributed by atoms with Crippen molar-refractivity contribution in [3.63, 3.8) is 0 Å². The number of piperidine rings is 1. The Morgan fingerprint density at radius 2 is 2.00 bits per heavy atom. The van der Waals surface area contributed by atoms with Gasteiger partial charge in [0.15, 0.2) is 5.13 Å². The van der Waals surface area contributed by atoms with E-state index in [2.05, 4.69) is 39.9 Å². The summed E-state index contributed by atoms with van der Waals surface area (Å²) in [4.78, 5) is 24.0. The SMILES string of the molecule is O=C([C@H]1CCCO1)N1CCC(c2ccccc2)(c2csc(Nc3cccnc3)n2)CC1. The minimum Gasteiger partial charge on any atom is -0.368 e. The Kier molecular flexibility index (Phi) is 5.70. The van der Waals surface area contributed by atoms with Crippen LogP contribution in [0.2, 0.25) is 0 Å². The number of amides is 1. The van der Waals surface area contributed by atoms with Crippen LogP contribution in [-0.2, 0) is 14.9 Å². The fourth-order valence-electron chi connectivity index (χ4n) is 4.65. The number of ether oxygens (including phenoxy) is 1. The first kappa shape index (κ1) is 20.2. The normalized spacial score (nSPS) is 20.5. The third-order valence-corrected chi connectivity index (χ3v) is 7.13. The minimum atomic E-state index is -0.251. The molecule has 2 aliphatic heterocycles. The van der Waals surface area contributed by atoms with Crippen LogP contribution < -0.4 is 5.32 Å². The fraction of sp³-hybridized carbons (Fsp3) is 0.375. The summed E-state index contributed by atoms with van der Waals surface area (Å²) in [5.41, 5.74) is 3.06. The number of carbonyl (C=O) groups is 1. The highest BCUT2D eigenvalue weighted by molar-refractivity contribution is 7.13. The summed E-state index contributed by atoms with van der Waals surface area (Å²) in [7, 11) is 0. The molecule has 4 heterocycles. The van der Waals surface area contributed by atoms with Crippen LogP contribution in [0.1, 0.15) is 36.9 Å². The molecule has 1 atom stereocenters. The zero-order valence-corrected chi connectivity index (χ0v) is 18.2. The number of anilines is 2. The molecule has 2 aliphatic rings. The Morgan fingerprint density at radius 1 is 1.16 bits per heavy atom. The molecule has 2 fully saturated rings. The van der Waals surface area contributed by atoms with Gasteiger partial charge >= 0.3 is 0 Å². The third kappa shape index (κ3) is 4.07. The summed E-state index contributed by atoms with van der Waals surface area (Å²) in [5.74, 6) is 0.149. The van der Waals surface area contributed by atoms with E-state index in [1.54, 1.807) is 23.7 Å². The van der Waals surface area contributed by atoms with Crippen molar-refractivity contribution in [3.05, 3.63) is 71.5 Å². The monoisotopic (exact) mass is 434 g/mol. The number of hydrogen-bond donors (Lipinski definition) is 1. The number of nitrogens with zero attached hydrogens (tertiary/aromatic N) is 3. The van der Waals surface area contributed by atoms with Crippen LogP contribution in [0.4, 0.5) is 10.8 Å². The van der Waals surface area contributed by atoms with E-state index >= 15 is 0 Å². The van der Waals surface area contributed by atoms with Crippen LogP contribution >= 0.6 is 11.3 Å². The van der Waals surface area contributed by atoms with Gasteiger partial charge in [0.2, 0.25) is 0 Å². The molecule has 6 nitrogen and oxygen atoms in total. The van der Waals surface area contributed by atoms with Gasteiger partial charge in [-0.1, -0.05) is 30.3 Å². The lowest BCUT2D eigenvalue weighted by Crippen LogP contribution is -2.48. The summed E-state index contributed by atoms with van der Waals surface area (Å²) in [6, 6.07) is 14.5. The number of carbonyl (C=O) groups excluding carboxylic acids is 1. The maximum atomic E-state index is 12.9. The van der Waals surface area contributed by atoms with E-state index in [0.29, 0.717) is 6.61 Å². The molecule has 0 radical (unpaired) electrons. The van der Waals surface area contributed by atoms with Crippen molar-refractivity contribution in [1.82, 2.24) is 14.9 Å². The van der Waals surface area contributed by atoms with Crippen molar-refractivity contribution in [3.8, 4) is 0 Å². The van der Waals surface area contributed by atoms with Crippen LogP contribution in [0.15, 0.2) is 60.2 Å². The average Bonchev–Trinajstić information content (AvgIpc) is 3.53. The number of benzene rings is 1. The maximum Gasteiger partial charge on any atom is 0.251 e. The molecule has 1 N–H and O–H groups in total. The molecule has 31 heavy (non-hydrogen) atoms. The smallest absolute Gasteiger partial charge is 0.251 e. The predicted octanol–water partition coefficient (Wildman–Crippen LogP) is 4.37. The quantitative estimate of drug-likeness (QED) is 0.646. The molecule has 1 aromatic carbocycles. The van der Waals surface area contributed by atoms with E-state index in [0.717, 1.165) is 55.3 Å². The molecule has 3 aromatic rings. The van der Waals surface area contributed by atoms with Gasteiger partial charge in [-0.15, -0.1) is 11.3 Å². The molecule has 2 aromatic heterocycles. The molecule has 160 valence electrons. The predicted molar refractivity (Wildman–Crippen MR) is 122 cm³/mol. The zero-order valence-electron chi connectivity index (χ0n) is 17.4. The van der Waals surface area contributed by atoms with Crippen molar-refractivity contribution in [2.45, 2.75) is 37.2 Å². The van der Waals surface area contributed by atoms with E-state index in [-0.39, 0.29) is 17.4 Å². The summed E-state index contributed by atoms with van der Waals surface area (Å²) in [6.45, 7) is 2.14. The summed E-state index contributed by atoms with van der Waals surface area (Å²) < 4.78 is 5.63. The lowest BCUT2D eigenvalue weighted by atomic mass is 9.70. The lowest BCUT2D eigenvalue weighted by Gasteiger charge is -2.42. The van der Waals surface area contributed by atoms with E-state index in [4.69, 9.17) is 9.72 Å². The van der Waals surface area contributed by atoms with Gasteiger partial charge in [0.25, 0.3) is 5.91 Å². The molecule has 0 unspecified atom stereocenters. The van der Waals surface area contributed by atoms with Gasteiger partial charge in [0.05, 0.1) is 17.6 Å². The standard InChI is InChI=1S/C24H26N4O2S/c29-22(20-9-5-15-30-20)28-13-10-24(11-14-28,18-6-2-1-3-7-18)21-17-31-23(27-21)26-19-8-4-12-25-16-19/h1-4,6-8,12,16-17,20H,5,9-11,13-15H2,(H,26,27)/t20-/m1/s1. The second-order valence-electron chi connectivity index (χ2n) is 8.18. The molecular formula is C24H26N4O2S. The topological polar surface area (TPSA) is 67.3 Å². The fourth-order valence-corrected chi connectivity index (χ4v) is 5.48. The Hall–Kier alpha value is -2.77. The lowest BCUT2D eigenvalue weighted by molar-refractivity contribution is -0.142. The number of rotatable bonds is 5. The number of nitrogens with one attached hydrogen (secondary N) is 1. The number of likely N-dealkylation sites (tertiary alicyclic amines) is 1. The number of pyridine rings is 1. The second kappa shape index (κ2) is 8.77. The molecule has 0 saturated carbocycles. The number of thiazole rings is 1. The summed E-state index contributed by atoms with van der Waals surface area (Å²) >= 11 is 1.61. The number of hydrogen-bond acceptors (Lipinski definition) is 6. The third-order valence-electron chi connectivity index (χ3n) is 6.37. The first-order valence-corrected chi connectivity index (χ1v) is 11.7. The highest BCUT2D eigenvalue weighted by atomic mass is 32.1. The Balaban J connectivity index is 1.39. The van der Waals surface area contributed by atoms with E-state index in [1.165, 1.54) is 5.56 Å². The van der Waals surface area contributed by atoms with Crippen LogP contribution in [0.5, 0.6) is 0 Å². The molecular weight excluding hydrogens is 408 g/mol. The molecule has 0 spiro atoms. The van der Waals surface area contributed by atoms with Gasteiger partial charge in [0, 0.05) is 36.7 Å². The van der Waals surface area contributed by atoms with Crippen LogP contribution in [0.25, 0.3) is 0 Å². The summed E-state index contributed by atoms with van der Waals surface area (Å²) in [5, 5.41) is 6.37. The Bertz CT molecular complexity index is 1010. The van der Waals surface area contributed by atoms with Crippen molar-refractivity contribution in [1.29, 1.82) is 0 Å². The van der Waals surface area contributed by atoms with Gasteiger partial charge in [0.1, 0.15) is 6.10 Å². The Labute approximate surface area is 186 Å². The van der Waals surface area contributed by atoms with Gasteiger partial charge < -0.3 is 15.0 Å². The molecule has 7 heteroatoms. The Morgan fingerprint density at radius 3 is 2.71 bits per heavy atom. The first-order valence-electron chi connectivity index (χ1n) is 10.8. The van der Waals surface area contributed by atoms with Crippen LogP contribution in [0, 0.1) is 0 Å². The minimum absolute atomic E-state index is 0.149. The van der Waals surface area contributed by atoms with E-state index < -0.39 is 0 Å². The van der Waals surface area contributed by atoms with Crippen LogP contribution in [0.3, 0.4) is 0 Å². The first-order chi connectivity index (χ1) is 15.2. The van der Waals surface area contributed by atoms with Crippen molar-refractivity contribution < 1.29 is 9.53 Å². The highest BCUT2D eigenvalue weighted by Crippen LogP contribution is 2.43. The maximum absolute atomic E-state index is 12.9. The number of aromatic nitrogens is 2. The summed E-state index contributed by atoms with van der Waals surface area (Å²) in [6.07, 6.45) is 6.83. The molecule has 5 rings (SSSR count). The van der Waals surface area contributed by atoms with E-state index in [9.17, 15) is 4.79 Å². The van der Waals surface area contributed by atoms with Gasteiger partial charge in [-0.3, -0.25) is 9.78 Å². The van der Waals surface area contributed by atoms with Crippen LogP contribution in [-0.4, -0.2) is 46.6 Å². The molecule has 1 amide bonds. The van der Waals surface area contributed by atoms with Crippen molar-refractivity contribution >= 4 is 28.1 Å². The second-order valence-corrected chi connectivity index (χ2v) is 9.04. The van der Waals surface area contributed by atoms with Crippen molar-refractivity contribution in [2.24, 2.45) is 0 Å². The van der Waals surface area contributed by atoms with Crippen molar-refractivity contribution in [2.75, 3.05) is 25.0 Å². The largest absolute Gasteiger partial charge is 0.368 e. The van der Waals surface area contributed by atoms with Gasteiger partial charge in [-0.2, -0.15) is 0 Å². The zero-order chi connectivity index (χ0) is 21.1. The van der Waals surface area contributed by atoms with E-state index in [1.807, 2.05) is 23.1 Å². The van der Waals surface area contributed by atoms with Gasteiger partial charge in [-0.05, 0) is 43.4 Å². The highest BCUT2D eigenvalue weighted by Gasteiger charge is 2.42. The molecule has 2 saturated heterocycles. The molecule has 0 bridgehead atoms. The molecule has 0 aliphatic carbocycles.